The largest absolute Gasteiger partial charge is 0.392 e. The molecule has 0 amide bonds. The van der Waals surface area contributed by atoms with Gasteiger partial charge < -0.3 is 5.11 Å². The third-order valence-electron chi connectivity index (χ3n) is 3.10. The Kier molecular flexibility index (Phi) is 11.4. The van der Waals surface area contributed by atoms with E-state index in [0.717, 1.165) is 12.2 Å². The summed E-state index contributed by atoms with van der Waals surface area (Å²) in [5.74, 6) is 0.889. The molecule has 0 unspecified atom stereocenters. The van der Waals surface area contributed by atoms with Gasteiger partial charge >= 0.3 is 0 Å². The fraction of sp³-hybridized carbons (Fsp3) is 1.00. The van der Waals surface area contributed by atoms with Crippen molar-refractivity contribution < 1.29 is 5.11 Å². The highest BCUT2D eigenvalue weighted by Crippen LogP contribution is 2.24. The third kappa shape index (κ3) is 14.4. The van der Waals surface area contributed by atoms with Crippen LogP contribution in [0.2, 0.25) is 0 Å². The molecule has 1 N–H and O–H groups in total. The van der Waals surface area contributed by atoms with Crippen LogP contribution in [0.3, 0.4) is 0 Å². The molecule has 2 heteroatoms. The summed E-state index contributed by atoms with van der Waals surface area (Å²) in [4.78, 5) is 0. The van der Waals surface area contributed by atoms with Gasteiger partial charge in [0.25, 0.3) is 0 Å². The summed E-state index contributed by atoms with van der Waals surface area (Å²) in [6.45, 7) is 8.89. The van der Waals surface area contributed by atoms with Gasteiger partial charge in [0.05, 0.1) is 6.10 Å². The predicted molar refractivity (Wildman–Crippen MR) is 85.4 cm³/mol. The first-order valence-corrected chi connectivity index (χ1v) is 8.76. The lowest BCUT2D eigenvalue weighted by Gasteiger charge is -2.20. The van der Waals surface area contributed by atoms with Crippen LogP contribution in [0.1, 0.15) is 85.5 Å². The summed E-state index contributed by atoms with van der Waals surface area (Å²) in [5, 5.41) is 9.86. The maximum atomic E-state index is 9.86. The fourth-order valence-electron chi connectivity index (χ4n) is 1.94. The number of unbranched alkanes of at least 4 members (excludes halogenated alkanes) is 7. The zero-order chi connectivity index (χ0) is 13.9. The molecule has 0 aromatic carbocycles. The molecule has 0 saturated carbocycles. The minimum Gasteiger partial charge on any atom is -0.392 e. The van der Waals surface area contributed by atoms with E-state index >= 15 is 0 Å². The van der Waals surface area contributed by atoms with Crippen molar-refractivity contribution in [2.45, 2.75) is 96.3 Å². The molecule has 0 fully saturated rings. The Hall–Kier alpha value is 0.310. The van der Waals surface area contributed by atoms with Crippen LogP contribution in [0.4, 0.5) is 0 Å². The van der Waals surface area contributed by atoms with Crippen LogP contribution < -0.4 is 0 Å². The van der Waals surface area contributed by atoms with E-state index in [4.69, 9.17) is 0 Å². The molecule has 0 aliphatic carbocycles. The van der Waals surface area contributed by atoms with Crippen molar-refractivity contribution in [3.63, 3.8) is 0 Å². The van der Waals surface area contributed by atoms with E-state index in [1.54, 1.807) is 0 Å². The Balaban J connectivity index is 3.23. The SMILES string of the molecule is CCCCCCCCCC[C@@H](O)CSC(C)(C)C. The second-order valence-corrected chi connectivity index (χ2v) is 8.19. The first-order chi connectivity index (χ1) is 8.45. The summed E-state index contributed by atoms with van der Waals surface area (Å²) < 4.78 is 0.278. The average molecular weight is 275 g/mol. The average Bonchev–Trinajstić information content (AvgIpc) is 2.29. The van der Waals surface area contributed by atoms with E-state index in [-0.39, 0.29) is 10.9 Å². The van der Waals surface area contributed by atoms with Crippen LogP contribution in [-0.4, -0.2) is 21.7 Å². The molecule has 0 aliphatic rings. The minimum absolute atomic E-state index is 0.102. The van der Waals surface area contributed by atoms with Gasteiger partial charge in [-0.3, -0.25) is 0 Å². The Labute approximate surface area is 119 Å². The van der Waals surface area contributed by atoms with Crippen molar-refractivity contribution in [1.29, 1.82) is 0 Å². The van der Waals surface area contributed by atoms with Crippen LogP contribution in [0.25, 0.3) is 0 Å². The third-order valence-corrected chi connectivity index (χ3v) is 4.52. The lowest BCUT2D eigenvalue weighted by molar-refractivity contribution is 0.184. The molecule has 0 radical (unpaired) electrons. The topological polar surface area (TPSA) is 20.2 Å². The number of aliphatic hydroxyl groups is 1. The lowest BCUT2D eigenvalue weighted by atomic mass is 10.1. The molecule has 0 spiro atoms. The van der Waals surface area contributed by atoms with Gasteiger partial charge in [0, 0.05) is 10.5 Å². The molecule has 0 heterocycles. The van der Waals surface area contributed by atoms with E-state index in [2.05, 4.69) is 27.7 Å². The summed E-state index contributed by atoms with van der Waals surface area (Å²) in [6.07, 6.45) is 11.6. The first-order valence-electron chi connectivity index (χ1n) is 7.77. The van der Waals surface area contributed by atoms with Gasteiger partial charge in [0.1, 0.15) is 0 Å². The van der Waals surface area contributed by atoms with Crippen molar-refractivity contribution in [1.82, 2.24) is 0 Å². The standard InChI is InChI=1S/C16H34OS/c1-5-6-7-8-9-10-11-12-13-15(17)14-18-16(2,3)4/h15,17H,5-14H2,1-4H3/t15-/m1/s1. The molecule has 1 nitrogen and oxygen atoms in total. The molecule has 1 atom stereocenters. The van der Waals surface area contributed by atoms with Crippen LogP contribution in [-0.2, 0) is 0 Å². The molecular formula is C16H34OS. The van der Waals surface area contributed by atoms with E-state index in [0.29, 0.717) is 0 Å². The zero-order valence-electron chi connectivity index (χ0n) is 13.0. The summed E-state index contributed by atoms with van der Waals surface area (Å²) in [5.41, 5.74) is 0. The molecule has 0 aliphatic heterocycles. The van der Waals surface area contributed by atoms with E-state index in [1.165, 1.54) is 51.4 Å². The first kappa shape index (κ1) is 18.3. The Morgan fingerprint density at radius 2 is 1.39 bits per heavy atom. The highest BCUT2D eigenvalue weighted by Gasteiger charge is 2.13. The highest BCUT2D eigenvalue weighted by atomic mass is 32.2. The van der Waals surface area contributed by atoms with Crippen molar-refractivity contribution in [3.8, 4) is 0 Å². The molecule has 18 heavy (non-hydrogen) atoms. The van der Waals surface area contributed by atoms with Crippen molar-refractivity contribution in [3.05, 3.63) is 0 Å². The van der Waals surface area contributed by atoms with Crippen LogP contribution in [0.15, 0.2) is 0 Å². The van der Waals surface area contributed by atoms with E-state index in [1.807, 2.05) is 11.8 Å². The maximum absolute atomic E-state index is 9.86. The van der Waals surface area contributed by atoms with Gasteiger partial charge in [0.2, 0.25) is 0 Å². The van der Waals surface area contributed by atoms with Gasteiger partial charge in [-0.2, -0.15) is 11.8 Å². The molecule has 110 valence electrons. The summed E-state index contributed by atoms with van der Waals surface area (Å²) >= 11 is 1.87. The molecule has 0 aromatic heterocycles. The number of rotatable bonds is 11. The summed E-state index contributed by atoms with van der Waals surface area (Å²) in [6, 6.07) is 0. The van der Waals surface area contributed by atoms with Crippen molar-refractivity contribution in [2.75, 3.05) is 5.75 Å². The number of thioether (sulfide) groups is 1. The molecule has 0 saturated heterocycles. The van der Waals surface area contributed by atoms with Crippen LogP contribution in [0.5, 0.6) is 0 Å². The Bertz CT molecular complexity index is 174. The van der Waals surface area contributed by atoms with Gasteiger partial charge in [0.15, 0.2) is 0 Å². The van der Waals surface area contributed by atoms with Crippen molar-refractivity contribution in [2.24, 2.45) is 0 Å². The summed E-state index contributed by atoms with van der Waals surface area (Å²) in [7, 11) is 0. The molecule has 0 rings (SSSR count). The fourth-order valence-corrected chi connectivity index (χ4v) is 2.80. The number of aliphatic hydroxyl groups excluding tert-OH is 1. The molecular weight excluding hydrogens is 240 g/mol. The maximum Gasteiger partial charge on any atom is 0.0630 e. The van der Waals surface area contributed by atoms with Gasteiger partial charge in [-0.25, -0.2) is 0 Å². The Morgan fingerprint density at radius 3 is 1.89 bits per heavy atom. The minimum atomic E-state index is -0.102. The zero-order valence-corrected chi connectivity index (χ0v) is 13.8. The van der Waals surface area contributed by atoms with Gasteiger partial charge in [-0.15, -0.1) is 0 Å². The predicted octanol–water partition coefficient (Wildman–Crippen LogP) is 5.41. The lowest BCUT2D eigenvalue weighted by Crippen LogP contribution is -2.16. The number of hydrogen-bond donors (Lipinski definition) is 1. The van der Waals surface area contributed by atoms with Crippen molar-refractivity contribution >= 4 is 11.8 Å². The molecule has 0 bridgehead atoms. The smallest absolute Gasteiger partial charge is 0.0630 e. The van der Waals surface area contributed by atoms with Crippen LogP contribution >= 0.6 is 11.8 Å². The second kappa shape index (κ2) is 11.2. The van der Waals surface area contributed by atoms with Crippen LogP contribution in [0, 0.1) is 0 Å². The number of hydrogen-bond acceptors (Lipinski definition) is 2. The highest BCUT2D eigenvalue weighted by molar-refractivity contribution is 8.00. The second-order valence-electron chi connectivity index (χ2n) is 6.34. The quantitative estimate of drug-likeness (QED) is 0.508. The molecule has 0 aromatic rings. The van der Waals surface area contributed by atoms with Gasteiger partial charge in [-0.1, -0.05) is 79.1 Å². The van der Waals surface area contributed by atoms with Gasteiger partial charge in [-0.05, 0) is 6.42 Å². The van der Waals surface area contributed by atoms with E-state index < -0.39 is 0 Å². The normalized spacial score (nSPS) is 13.8. The van der Waals surface area contributed by atoms with E-state index in [9.17, 15) is 5.11 Å². The monoisotopic (exact) mass is 274 g/mol. The Morgan fingerprint density at radius 1 is 0.889 bits per heavy atom.